The van der Waals surface area contributed by atoms with Crippen molar-refractivity contribution >= 4 is 39.2 Å². The Morgan fingerprint density at radius 2 is 2.22 bits per heavy atom. The van der Waals surface area contributed by atoms with E-state index in [9.17, 15) is 4.79 Å². The van der Waals surface area contributed by atoms with Crippen LogP contribution in [-0.4, -0.2) is 50.1 Å². The zero-order chi connectivity index (χ0) is 16.0. The van der Waals surface area contributed by atoms with Crippen molar-refractivity contribution in [2.75, 3.05) is 19.4 Å². The summed E-state index contributed by atoms with van der Waals surface area (Å²) in [7, 11) is 3.50. The van der Waals surface area contributed by atoms with Crippen molar-refractivity contribution in [2.45, 2.75) is 13.1 Å². The molecule has 0 aliphatic carbocycles. The topological polar surface area (TPSA) is 90.0 Å². The third-order valence-corrected chi connectivity index (χ3v) is 4.62. The van der Waals surface area contributed by atoms with Crippen molar-refractivity contribution in [2.24, 2.45) is 0 Å². The minimum atomic E-state index is -0.0113. The van der Waals surface area contributed by atoms with E-state index in [1.165, 1.54) is 6.33 Å². The van der Waals surface area contributed by atoms with Gasteiger partial charge in [0, 0.05) is 19.7 Å². The zero-order valence-corrected chi connectivity index (χ0v) is 13.5. The van der Waals surface area contributed by atoms with Gasteiger partial charge in [-0.05, 0) is 11.4 Å². The molecule has 3 aromatic heterocycles. The van der Waals surface area contributed by atoms with Crippen molar-refractivity contribution < 1.29 is 4.79 Å². The van der Waals surface area contributed by atoms with Crippen LogP contribution in [0.1, 0.15) is 11.3 Å². The maximum Gasteiger partial charge on any atom is 0.320 e. The Balaban J connectivity index is 1.62. The molecule has 23 heavy (non-hydrogen) atoms. The number of anilines is 2. The van der Waals surface area contributed by atoms with Crippen LogP contribution in [0.3, 0.4) is 0 Å². The lowest BCUT2D eigenvalue weighted by molar-refractivity contribution is 0.171. The minimum absolute atomic E-state index is 0.0113. The van der Waals surface area contributed by atoms with Gasteiger partial charge in [-0.1, -0.05) is 0 Å². The van der Waals surface area contributed by atoms with Crippen LogP contribution in [0.5, 0.6) is 0 Å². The number of urea groups is 1. The fraction of sp³-hybridized carbons (Fsp3) is 0.286. The molecule has 2 N–H and O–H groups in total. The summed E-state index contributed by atoms with van der Waals surface area (Å²) in [4.78, 5) is 24.9. The molecule has 0 radical (unpaired) electrons. The molecule has 1 aliphatic rings. The van der Waals surface area contributed by atoms with Gasteiger partial charge in [0.1, 0.15) is 17.0 Å². The van der Waals surface area contributed by atoms with Crippen LogP contribution in [0.2, 0.25) is 0 Å². The maximum atomic E-state index is 12.1. The first-order valence-corrected chi connectivity index (χ1v) is 7.99. The molecule has 0 spiro atoms. The number of fused-ring (bicyclic) bond motifs is 2. The molecular formula is C14H15N7OS. The summed E-state index contributed by atoms with van der Waals surface area (Å²) in [5.41, 5.74) is 1.96. The molecule has 4 heterocycles. The fourth-order valence-electron chi connectivity index (χ4n) is 2.66. The summed E-state index contributed by atoms with van der Waals surface area (Å²) in [5.74, 6) is 1.43. The summed E-state index contributed by atoms with van der Waals surface area (Å²) in [6.45, 7) is 1.07. The SMILES string of the molecule is CN(C)C(=O)N1Cc2[nH]nc(Nc3ncnc4sccc34)c2C1. The van der Waals surface area contributed by atoms with Crippen LogP contribution in [0.4, 0.5) is 16.4 Å². The van der Waals surface area contributed by atoms with Crippen molar-refractivity contribution in [3.05, 3.63) is 29.0 Å². The summed E-state index contributed by atoms with van der Waals surface area (Å²) in [5, 5.41) is 13.5. The van der Waals surface area contributed by atoms with E-state index in [4.69, 9.17) is 0 Å². The lowest BCUT2D eigenvalue weighted by atomic mass is 10.2. The predicted molar refractivity (Wildman–Crippen MR) is 87.6 cm³/mol. The number of nitrogens with one attached hydrogen (secondary N) is 2. The molecule has 0 saturated carbocycles. The molecule has 0 bridgehead atoms. The second-order valence-electron chi connectivity index (χ2n) is 5.55. The molecule has 4 rings (SSSR count). The monoisotopic (exact) mass is 329 g/mol. The average Bonchev–Trinajstić information content (AvgIpc) is 3.23. The van der Waals surface area contributed by atoms with E-state index < -0.39 is 0 Å². The molecule has 0 atom stereocenters. The first-order chi connectivity index (χ1) is 11.1. The van der Waals surface area contributed by atoms with Gasteiger partial charge in [0.05, 0.1) is 24.2 Å². The standard InChI is InChI=1S/C14H15N7OS/c1-20(2)14(22)21-5-9-10(6-21)18-19-12(9)17-11-8-3-4-23-13(8)16-7-15-11/h3-4,7H,5-6H2,1-2H3,(H2,15,16,17,18,19). The predicted octanol–water partition coefficient (Wildman–Crippen LogP) is 2.16. The highest BCUT2D eigenvalue weighted by Crippen LogP contribution is 2.31. The van der Waals surface area contributed by atoms with E-state index in [1.54, 1.807) is 35.2 Å². The first kappa shape index (κ1) is 13.9. The number of rotatable bonds is 2. The van der Waals surface area contributed by atoms with Crippen LogP contribution >= 0.6 is 11.3 Å². The van der Waals surface area contributed by atoms with E-state index in [-0.39, 0.29) is 6.03 Å². The Morgan fingerprint density at radius 1 is 1.35 bits per heavy atom. The van der Waals surface area contributed by atoms with E-state index >= 15 is 0 Å². The van der Waals surface area contributed by atoms with E-state index in [1.807, 2.05) is 11.4 Å². The molecule has 0 saturated heterocycles. The van der Waals surface area contributed by atoms with Crippen LogP contribution in [0, 0.1) is 0 Å². The van der Waals surface area contributed by atoms with Crippen LogP contribution < -0.4 is 5.32 Å². The van der Waals surface area contributed by atoms with Gasteiger partial charge in [0.2, 0.25) is 0 Å². The third-order valence-electron chi connectivity index (χ3n) is 3.80. The molecule has 1 aliphatic heterocycles. The molecule has 0 fully saturated rings. The molecule has 8 nitrogen and oxygen atoms in total. The quantitative estimate of drug-likeness (QED) is 0.752. The minimum Gasteiger partial charge on any atom is -0.331 e. The van der Waals surface area contributed by atoms with Gasteiger partial charge >= 0.3 is 6.03 Å². The van der Waals surface area contributed by atoms with Gasteiger partial charge in [0.25, 0.3) is 0 Å². The zero-order valence-electron chi connectivity index (χ0n) is 12.7. The summed E-state index contributed by atoms with van der Waals surface area (Å²) >= 11 is 1.57. The number of amides is 2. The summed E-state index contributed by atoms with van der Waals surface area (Å²) in [6, 6.07) is 1.97. The first-order valence-electron chi connectivity index (χ1n) is 7.11. The van der Waals surface area contributed by atoms with Gasteiger partial charge in [-0.2, -0.15) is 5.10 Å². The Kier molecular flexibility index (Phi) is 3.15. The lowest BCUT2D eigenvalue weighted by Gasteiger charge is -2.20. The number of hydrogen-bond acceptors (Lipinski definition) is 6. The Hall–Kier alpha value is -2.68. The number of nitrogens with zero attached hydrogens (tertiary/aromatic N) is 5. The molecular weight excluding hydrogens is 314 g/mol. The van der Waals surface area contributed by atoms with Gasteiger partial charge in [-0.3, -0.25) is 5.10 Å². The van der Waals surface area contributed by atoms with Gasteiger partial charge < -0.3 is 15.1 Å². The van der Waals surface area contributed by atoms with Crippen LogP contribution in [0.15, 0.2) is 17.8 Å². The number of thiophene rings is 1. The van der Waals surface area contributed by atoms with E-state index in [0.717, 1.165) is 27.3 Å². The highest BCUT2D eigenvalue weighted by atomic mass is 32.1. The van der Waals surface area contributed by atoms with Crippen molar-refractivity contribution in [1.82, 2.24) is 30.0 Å². The van der Waals surface area contributed by atoms with Crippen molar-refractivity contribution in [1.29, 1.82) is 0 Å². The third kappa shape index (κ3) is 2.29. The molecule has 0 aromatic carbocycles. The molecule has 3 aromatic rings. The second-order valence-corrected chi connectivity index (χ2v) is 6.44. The molecule has 9 heteroatoms. The Morgan fingerprint density at radius 3 is 3.04 bits per heavy atom. The number of hydrogen-bond donors (Lipinski definition) is 2. The maximum absolute atomic E-state index is 12.1. The van der Waals surface area contributed by atoms with Crippen molar-refractivity contribution in [3.8, 4) is 0 Å². The van der Waals surface area contributed by atoms with Gasteiger partial charge in [0.15, 0.2) is 5.82 Å². The van der Waals surface area contributed by atoms with Crippen molar-refractivity contribution in [3.63, 3.8) is 0 Å². The summed E-state index contributed by atoms with van der Waals surface area (Å²) < 4.78 is 0. The highest BCUT2D eigenvalue weighted by molar-refractivity contribution is 7.16. The molecule has 118 valence electrons. The fourth-order valence-corrected chi connectivity index (χ4v) is 3.40. The number of carbonyl (C=O) groups excluding carboxylic acids is 1. The van der Waals surface area contributed by atoms with E-state index in [2.05, 4.69) is 25.5 Å². The normalized spacial score (nSPS) is 13.4. The average molecular weight is 329 g/mol. The number of H-pyrrole nitrogens is 1. The smallest absolute Gasteiger partial charge is 0.320 e. The van der Waals surface area contributed by atoms with E-state index in [0.29, 0.717) is 18.9 Å². The highest BCUT2D eigenvalue weighted by Gasteiger charge is 2.29. The van der Waals surface area contributed by atoms with Gasteiger partial charge in [-0.25, -0.2) is 14.8 Å². The van der Waals surface area contributed by atoms with Crippen LogP contribution in [-0.2, 0) is 13.1 Å². The Labute approximate surface area is 136 Å². The van der Waals surface area contributed by atoms with Crippen LogP contribution in [0.25, 0.3) is 10.2 Å². The largest absolute Gasteiger partial charge is 0.331 e. The molecule has 0 unspecified atom stereocenters. The molecule has 2 amide bonds. The Bertz CT molecular complexity index is 884. The summed E-state index contributed by atoms with van der Waals surface area (Å²) in [6.07, 6.45) is 1.54. The number of aromatic amines is 1. The number of aromatic nitrogens is 4. The van der Waals surface area contributed by atoms with Gasteiger partial charge in [-0.15, -0.1) is 11.3 Å². The lowest BCUT2D eigenvalue weighted by Crippen LogP contribution is -2.35. The second kappa shape index (κ2) is 5.20. The number of carbonyl (C=O) groups is 1.